The van der Waals surface area contributed by atoms with Crippen molar-refractivity contribution >= 4 is 43.7 Å². The van der Waals surface area contributed by atoms with Crippen molar-refractivity contribution < 1.29 is 14.5 Å². The van der Waals surface area contributed by atoms with Gasteiger partial charge in [-0.2, -0.15) is 0 Å². The van der Waals surface area contributed by atoms with E-state index in [0.717, 1.165) is 60.4 Å². The Hall–Kier alpha value is -3.72. The van der Waals surface area contributed by atoms with Gasteiger partial charge in [0.15, 0.2) is 11.8 Å². The minimum atomic E-state index is -2.44. The average Bonchev–Trinajstić information content (AvgIpc) is 3.19. The van der Waals surface area contributed by atoms with Gasteiger partial charge in [0.1, 0.15) is 7.05 Å². The number of furan rings is 1. The maximum absolute atomic E-state index is 8.56. The first kappa shape index (κ1) is 16.0. The number of para-hydroxylation sites is 1. The lowest BCUT2D eigenvalue weighted by atomic mass is 9.92. The molecule has 33 heavy (non-hydrogen) atoms. The highest BCUT2D eigenvalue weighted by atomic mass is 16.3. The molecule has 0 aliphatic heterocycles. The number of benzene rings is 3. The predicted octanol–water partition coefficient (Wildman–Crippen LogP) is 7.52. The van der Waals surface area contributed by atoms with Crippen LogP contribution in [0.1, 0.15) is 41.8 Å². The fourth-order valence-electron chi connectivity index (χ4n) is 4.87. The quantitative estimate of drug-likeness (QED) is 0.263. The minimum absolute atomic E-state index is 0.463. The maximum atomic E-state index is 8.56. The molecule has 0 aliphatic carbocycles. The molecule has 0 saturated carbocycles. The second-order valence-electron chi connectivity index (χ2n) is 8.91. The van der Waals surface area contributed by atoms with E-state index in [-0.39, 0.29) is 0 Å². The van der Waals surface area contributed by atoms with Crippen LogP contribution in [0.25, 0.3) is 55.0 Å². The second kappa shape index (κ2) is 7.14. The van der Waals surface area contributed by atoms with Gasteiger partial charge in [-0.1, -0.05) is 44.1 Å². The molecule has 0 N–H and O–H groups in total. The van der Waals surface area contributed by atoms with Crippen molar-refractivity contribution in [2.45, 2.75) is 33.5 Å². The second-order valence-corrected chi connectivity index (χ2v) is 8.91. The van der Waals surface area contributed by atoms with Crippen molar-refractivity contribution in [3.63, 3.8) is 0 Å². The summed E-state index contributed by atoms with van der Waals surface area (Å²) in [6.45, 7) is 3.22. The van der Waals surface area contributed by atoms with Gasteiger partial charge in [-0.05, 0) is 66.1 Å². The van der Waals surface area contributed by atoms with E-state index in [1.807, 2.05) is 49.6 Å². The van der Waals surface area contributed by atoms with Crippen molar-refractivity contribution in [3.05, 3.63) is 83.6 Å². The maximum Gasteiger partial charge on any atom is 0.227 e. The van der Waals surface area contributed by atoms with Gasteiger partial charge < -0.3 is 4.42 Å². The topological polar surface area (TPSA) is 29.9 Å². The molecule has 0 amide bonds. The van der Waals surface area contributed by atoms with Crippen molar-refractivity contribution in [3.8, 4) is 11.3 Å². The number of hydrogen-bond acceptors (Lipinski definition) is 2. The zero-order chi connectivity index (χ0) is 26.3. The van der Waals surface area contributed by atoms with Crippen LogP contribution < -0.4 is 4.57 Å². The van der Waals surface area contributed by atoms with Crippen molar-refractivity contribution in [2.75, 3.05) is 0 Å². The van der Waals surface area contributed by atoms with Crippen LogP contribution in [0.4, 0.5) is 0 Å². The van der Waals surface area contributed by atoms with Crippen LogP contribution in [0.5, 0.6) is 0 Å². The lowest BCUT2D eigenvalue weighted by Gasteiger charge is -2.12. The molecular formula is C30H27N2O+. The molecule has 6 rings (SSSR count). The summed E-state index contributed by atoms with van der Waals surface area (Å²) in [6, 6.07) is 19.8. The molecule has 0 aliphatic rings. The molecule has 0 radical (unpaired) electrons. The van der Waals surface area contributed by atoms with Crippen LogP contribution in [0.3, 0.4) is 0 Å². The molecule has 0 saturated heterocycles. The fraction of sp³-hybridized carbons (Fsp3) is 0.200. The van der Waals surface area contributed by atoms with E-state index in [2.05, 4.69) is 36.6 Å². The number of fused-ring (bicyclic) bond motifs is 5. The van der Waals surface area contributed by atoms with Crippen molar-refractivity contribution in [1.29, 1.82) is 0 Å². The Bertz CT molecular complexity index is 1880. The van der Waals surface area contributed by atoms with E-state index < -0.39 is 12.7 Å². The summed E-state index contributed by atoms with van der Waals surface area (Å²) in [5.74, 6) is -1.71. The van der Waals surface area contributed by atoms with Crippen LogP contribution in [-0.4, -0.2) is 4.98 Å². The monoisotopic (exact) mass is 435 g/mol. The van der Waals surface area contributed by atoms with Gasteiger partial charge >= 0.3 is 0 Å². The summed E-state index contributed by atoms with van der Waals surface area (Å²) in [5.41, 5.74) is 6.95. The van der Waals surface area contributed by atoms with Crippen LogP contribution in [0, 0.1) is 13.8 Å². The molecule has 1 unspecified atom stereocenters. The third-order valence-corrected chi connectivity index (χ3v) is 6.78. The van der Waals surface area contributed by atoms with Gasteiger partial charge in [-0.3, -0.25) is 0 Å². The third kappa shape index (κ3) is 2.96. The summed E-state index contributed by atoms with van der Waals surface area (Å²) in [4.78, 5) is 4.81. The summed E-state index contributed by atoms with van der Waals surface area (Å²) in [7, 11) is 2.00. The van der Waals surface area contributed by atoms with Gasteiger partial charge in [0.25, 0.3) is 0 Å². The van der Waals surface area contributed by atoms with Gasteiger partial charge in [0, 0.05) is 27.7 Å². The predicted molar refractivity (Wildman–Crippen MR) is 137 cm³/mol. The van der Waals surface area contributed by atoms with Gasteiger partial charge in [-0.25, -0.2) is 9.55 Å². The Labute approximate surface area is 198 Å². The Kier molecular flexibility index (Phi) is 3.46. The SMILES string of the molecule is [2H]C([2H])([2H])C([2H])(C)c1ccc2c(-c3c(C)c(C)cc4c3oc3nc5ccccc5cc34)[n+](C)ccc2c1. The number of nitrogens with zero attached hydrogens (tertiary/aromatic N) is 2. The molecule has 0 bridgehead atoms. The zero-order valence-corrected chi connectivity index (χ0v) is 19.2. The normalized spacial score (nSPS) is 16.0. The fourth-order valence-corrected chi connectivity index (χ4v) is 4.87. The highest BCUT2D eigenvalue weighted by Crippen LogP contribution is 2.41. The van der Waals surface area contributed by atoms with E-state index in [0.29, 0.717) is 11.3 Å². The third-order valence-electron chi connectivity index (χ3n) is 6.78. The average molecular weight is 436 g/mol. The molecule has 3 heterocycles. The first-order valence-electron chi connectivity index (χ1n) is 13.1. The standard InChI is InChI=1S/C30H27N2O/c1-17(2)20-10-11-23-21(15-20)12-13-32(5)28(23)27-19(4)18(3)14-24-25-16-22-8-6-7-9-26(22)31-30(25)33-29(24)27/h6-17H,1-5H3/q+1/i1D3,17D. The molecule has 6 aromatic rings. The lowest BCUT2D eigenvalue weighted by Crippen LogP contribution is -2.31. The highest BCUT2D eigenvalue weighted by molar-refractivity contribution is 6.13. The molecule has 3 aromatic carbocycles. The van der Waals surface area contributed by atoms with E-state index >= 15 is 0 Å². The van der Waals surface area contributed by atoms with E-state index in [9.17, 15) is 0 Å². The Morgan fingerprint density at radius 2 is 1.82 bits per heavy atom. The minimum Gasteiger partial charge on any atom is -0.437 e. The first-order valence-corrected chi connectivity index (χ1v) is 11.1. The van der Waals surface area contributed by atoms with E-state index in [1.165, 1.54) is 6.92 Å². The number of pyridine rings is 2. The highest BCUT2D eigenvalue weighted by Gasteiger charge is 2.25. The molecule has 3 nitrogen and oxygen atoms in total. The lowest BCUT2D eigenvalue weighted by molar-refractivity contribution is -0.659. The number of aryl methyl sites for hydroxylation is 2. The van der Waals surface area contributed by atoms with Crippen molar-refractivity contribution in [2.24, 2.45) is 7.05 Å². The van der Waals surface area contributed by atoms with Gasteiger partial charge in [0.2, 0.25) is 11.4 Å². The summed E-state index contributed by atoms with van der Waals surface area (Å²) in [6.07, 6.45) is 1.97. The molecule has 162 valence electrons. The summed E-state index contributed by atoms with van der Waals surface area (Å²) < 4.78 is 40.7. The Morgan fingerprint density at radius 3 is 2.67 bits per heavy atom. The van der Waals surface area contributed by atoms with Crippen LogP contribution in [0.2, 0.25) is 0 Å². The number of hydrogen-bond donors (Lipinski definition) is 0. The molecule has 1 atom stereocenters. The summed E-state index contributed by atoms with van der Waals surface area (Å²) in [5, 5.41) is 4.89. The molecular weight excluding hydrogens is 404 g/mol. The Morgan fingerprint density at radius 1 is 0.970 bits per heavy atom. The van der Waals surface area contributed by atoms with Gasteiger partial charge in [0.05, 0.1) is 16.5 Å². The molecule has 0 fully saturated rings. The smallest absolute Gasteiger partial charge is 0.227 e. The van der Waals surface area contributed by atoms with Crippen LogP contribution >= 0.6 is 0 Å². The number of aromatic nitrogens is 2. The first-order chi connectivity index (χ1) is 17.5. The number of rotatable bonds is 2. The molecule has 0 spiro atoms. The Balaban J connectivity index is 1.68. The van der Waals surface area contributed by atoms with Crippen LogP contribution in [-0.2, 0) is 7.05 Å². The zero-order valence-electron chi connectivity index (χ0n) is 23.2. The van der Waals surface area contributed by atoms with Gasteiger partial charge in [-0.15, -0.1) is 0 Å². The van der Waals surface area contributed by atoms with E-state index in [4.69, 9.17) is 14.9 Å². The molecule has 3 heteroatoms. The summed E-state index contributed by atoms with van der Waals surface area (Å²) >= 11 is 0. The van der Waals surface area contributed by atoms with Crippen molar-refractivity contribution in [1.82, 2.24) is 4.98 Å². The largest absolute Gasteiger partial charge is 0.437 e. The van der Waals surface area contributed by atoms with E-state index in [1.54, 1.807) is 6.07 Å². The molecule has 3 aromatic heterocycles. The van der Waals surface area contributed by atoms with Crippen LogP contribution in [0.15, 0.2) is 71.3 Å².